The summed E-state index contributed by atoms with van der Waals surface area (Å²) in [7, 11) is 1.59. The van der Waals surface area contributed by atoms with Crippen molar-refractivity contribution < 1.29 is 18.7 Å². The summed E-state index contributed by atoms with van der Waals surface area (Å²) in [6.07, 6.45) is 3.16. The maximum atomic E-state index is 13.9. The zero-order valence-corrected chi connectivity index (χ0v) is 21.7. The van der Waals surface area contributed by atoms with E-state index in [2.05, 4.69) is 6.92 Å². The number of carbonyl (C=O) groups is 1. The zero-order chi connectivity index (χ0) is 26.1. The Hall–Kier alpha value is -4.06. The molecule has 3 aromatic carbocycles. The molecule has 0 bridgehead atoms. The quantitative estimate of drug-likeness (QED) is 0.252. The lowest BCUT2D eigenvalue weighted by Crippen LogP contribution is -2.29. The Bertz CT molecular complexity index is 1520. The fraction of sp³-hybridized carbons (Fsp3) is 0.290. The van der Waals surface area contributed by atoms with Gasteiger partial charge in [-0.05, 0) is 73.4 Å². The van der Waals surface area contributed by atoms with E-state index in [-0.39, 0.29) is 17.1 Å². The third-order valence-corrected chi connectivity index (χ3v) is 7.03. The first-order chi connectivity index (χ1) is 17.9. The van der Waals surface area contributed by atoms with Gasteiger partial charge in [0, 0.05) is 5.69 Å². The summed E-state index contributed by atoms with van der Waals surface area (Å²) in [6.45, 7) is 6.67. The highest BCUT2D eigenvalue weighted by molar-refractivity contribution is 6.10. The number of aryl methyl sites for hydroxylation is 2. The van der Waals surface area contributed by atoms with Crippen molar-refractivity contribution >= 4 is 22.6 Å². The van der Waals surface area contributed by atoms with Gasteiger partial charge in [0.2, 0.25) is 5.76 Å². The second-order valence-corrected chi connectivity index (χ2v) is 9.49. The molecular weight excluding hydrogens is 466 g/mol. The van der Waals surface area contributed by atoms with E-state index in [9.17, 15) is 9.59 Å². The second kappa shape index (κ2) is 10.1. The van der Waals surface area contributed by atoms with Gasteiger partial charge in [0.25, 0.3) is 5.91 Å². The number of anilines is 1. The Kier molecular flexibility index (Phi) is 6.74. The summed E-state index contributed by atoms with van der Waals surface area (Å²) in [5.74, 6) is 0.921. The number of rotatable bonds is 8. The number of benzene rings is 3. The first-order valence-corrected chi connectivity index (χ1v) is 12.7. The maximum absolute atomic E-state index is 13.9. The maximum Gasteiger partial charge on any atom is 0.295 e. The average Bonchev–Trinajstić information content (AvgIpc) is 3.20. The van der Waals surface area contributed by atoms with Crippen molar-refractivity contribution in [3.8, 4) is 11.5 Å². The van der Waals surface area contributed by atoms with Gasteiger partial charge in [0.15, 0.2) is 16.9 Å². The Morgan fingerprint density at radius 2 is 1.68 bits per heavy atom. The van der Waals surface area contributed by atoms with Gasteiger partial charge in [-0.3, -0.25) is 14.5 Å². The van der Waals surface area contributed by atoms with Gasteiger partial charge in [0.05, 0.1) is 30.7 Å². The van der Waals surface area contributed by atoms with Crippen LogP contribution in [-0.4, -0.2) is 19.6 Å². The molecule has 6 heteroatoms. The highest BCUT2D eigenvalue weighted by atomic mass is 16.5. The number of amides is 1. The van der Waals surface area contributed by atoms with Gasteiger partial charge < -0.3 is 13.9 Å². The van der Waals surface area contributed by atoms with Crippen LogP contribution in [0.4, 0.5) is 5.69 Å². The largest absolute Gasteiger partial charge is 0.493 e. The van der Waals surface area contributed by atoms with Gasteiger partial charge in [-0.2, -0.15) is 0 Å². The molecule has 0 radical (unpaired) electrons. The third kappa shape index (κ3) is 4.37. The average molecular weight is 498 g/mol. The number of hydrogen-bond acceptors (Lipinski definition) is 5. The van der Waals surface area contributed by atoms with Crippen LogP contribution in [0.1, 0.15) is 65.0 Å². The van der Waals surface area contributed by atoms with Crippen LogP contribution >= 0.6 is 0 Å². The van der Waals surface area contributed by atoms with Crippen LogP contribution in [0.5, 0.6) is 11.5 Å². The first-order valence-electron chi connectivity index (χ1n) is 12.7. The molecule has 1 aromatic heterocycles. The molecule has 1 amide bonds. The SMILES string of the molecule is CCCCCOc1ccc(C2c3c(oc4cc(C)c(C)cc4c3=O)C(=O)N2c2ccccc2)cc1OC. The molecular formula is C31H31NO5. The number of unbranched alkanes of at least 4 members (excludes halogenated alkanes) is 2. The Morgan fingerprint density at radius 1 is 0.919 bits per heavy atom. The van der Waals surface area contributed by atoms with E-state index in [0.717, 1.165) is 36.0 Å². The Balaban J connectivity index is 1.68. The van der Waals surface area contributed by atoms with Crippen molar-refractivity contribution in [2.75, 3.05) is 18.6 Å². The smallest absolute Gasteiger partial charge is 0.295 e. The summed E-state index contributed by atoms with van der Waals surface area (Å²) >= 11 is 0. The van der Waals surface area contributed by atoms with Gasteiger partial charge in [-0.25, -0.2) is 0 Å². The lowest BCUT2D eigenvalue weighted by Gasteiger charge is -2.26. The molecule has 1 unspecified atom stereocenters. The topological polar surface area (TPSA) is 69.0 Å². The molecule has 0 spiro atoms. The van der Waals surface area contributed by atoms with E-state index < -0.39 is 6.04 Å². The minimum Gasteiger partial charge on any atom is -0.493 e. The van der Waals surface area contributed by atoms with Crippen LogP contribution < -0.4 is 19.8 Å². The van der Waals surface area contributed by atoms with Gasteiger partial charge in [0.1, 0.15) is 5.58 Å². The molecule has 0 fully saturated rings. The molecule has 0 saturated heterocycles. The van der Waals surface area contributed by atoms with Crippen LogP contribution in [0.25, 0.3) is 11.0 Å². The van der Waals surface area contributed by atoms with Crippen molar-refractivity contribution in [3.05, 3.63) is 98.9 Å². The molecule has 2 heterocycles. The normalized spacial score (nSPS) is 14.8. The summed E-state index contributed by atoms with van der Waals surface area (Å²) in [6, 6.07) is 17.9. The first kappa shape index (κ1) is 24.6. The fourth-order valence-electron chi connectivity index (χ4n) is 4.91. The van der Waals surface area contributed by atoms with Crippen molar-refractivity contribution in [3.63, 3.8) is 0 Å². The van der Waals surface area contributed by atoms with Crippen molar-refractivity contribution in [1.82, 2.24) is 0 Å². The van der Waals surface area contributed by atoms with E-state index in [0.29, 0.717) is 40.3 Å². The van der Waals surface area contributed by atoms with Crippen LogP contribution in [-0.2, 0) is 0 Å². The monoisotopic (exact) mass is 497 g/mol. The van der Waals surface area contributed by atoms with Crippen LogP contribution in [0.15, 0.2) is 69.9 Å². The summed E-state index contributed by atoms with van der Waals surface area (Å²) in [5.41, 5.74) is 3.96. The zero-order valence-electron chi connectivity index (χ0n) is 21.7. The third-order valence-electron chi connectivity index (χ3n) is 7.03. The molecule has 4 aromatic rings. The molecule has 37 heavy (non-hydrogen) atoms. The molecule has 1 atom stereocenters. The number of para-hydroxylation sites is 1. The minimum absolute atomic E-state index is 0.0773. The molecule has 0 aliphatic carbocycles. The Labute approximate surface area is 216 Å². The second-order valence-electron chi connectivity index (χ2n) is 9.49. The number of nitrogens with zero attached hydrogens (tertiary/aromatic N) is 1. The van der Waals surface area contributed by atoms with Gasteiger partial charge in [-0.15, -0.1) is 0 Å². The van der Waals surface area contributed by atoms with Crippen molar-refractivity contribution in [1.29, 1.82) is 0 Å². The molecule has 0 N–H and O–H groups in total. The van der Waals surface area contributed by atoms with Gasteiger partial charge >= 0.3 is 0 Å². The van der Waals surface area contributed by atoms with E-state index in [4.69, 9.17) is 13.9 Å². The predicted octanol–water partition coefficient (Wildman–Crippen LogP) is 6.74. The summed E-state index contributed by atoms with van der Waals surface area (Å²) in [5, 5.41) is 0.470. The van der Waals surface area contributed by atoms with Crippen molar-refractivity contribution in [2.45, 2.75) is 46.1 Å². The lowest BCUT2D eigenvalue weighted by molar-refractivity contribution is 0.0971. The number of carbonyl (C=O) groups excluding carboxylic acids is 1. The highest BCUT2D eigenvalue weighted by Gasteiger charge is 2.44. The van der Waals surface area contributed by atoms with E-state index in [1.165, 1.54) is 0 Å². The number of methoxy groups -OCH3 is 1. The summed E-state index contributed by atoms with van der Waals surface area (Å²) in [4.78, 5) is 29.3. The molecule has 5 rings (SSSR count). The fourth-order valence-corrected chi connectivity index (χ4v) is 4.91. The number of hydrogen-bond donors (Lipinski definition) is 0. The molecule has 1 aliphatic heterocycles. The molecule has 1 aliphatic rings. The minimum atomic E-state index is -0.671. The van der Waals surface area contributed by atoms with Crippen LogP contribution in [0, 0.1) is 13.8 Å². The van der Waals surface area contributed by atoms with Crippen LogP contribution in [0.3, 0.4) is 0 Å². The van der Waals surface area contributed by atoms with Crippen molar-refractivity contribution in [2.24, 2.45) is 0 Å². The number of fused-ring (bicyclic) bond motifs is 2. The summed E-state index contributed by atoms with van der Waals surface area (Å²) < 4.78 is 17.8. The lowest BCUT2D eigenvalue weighted by atomic mass is 9.97. The molecule has 190 valence electrons. The standard InChI is InChI=1S/C31H31NO5/c1-5-6-10-15-36-24-14-13-21(18-26(24)35-4)28-27-29(33)23-16-19(2)20(3)17-25(23)37-30(27)31(34)32(28)22-11-8-7-9-12-22/h7-9,11-14,16-18,28H,5-6,10,15H2,1-4H3. The molecule has 6 nitrogen and oxygen atoms in total. The molecule has 0 saturated carbocycles. The number of ether oxygens (including phenoxy) is 2. The highest BCUT2D eigenvalue weighted by Crippen LogP contribution is 2.43. The Morgan fingerprint density at radius 3 is 2.41 bits per heavy atom. The van der Waals surface area contributed by atoms with E-state index in [1.54, 1.807) is 12.0 Å². The van der Waals surface area contributed by atoms with Gasteiger partial charge in [-0.1, -0.05) is 44.0 Å². The van der Waals surface area contributed by atoms with E-state index in [1.807, 2.05) is 74.5 Å². The van der Waals surface area contributed by atoms with E-state index >= 15 is 0 Å². The van der Waals surface area contributed by atoms with Crippen LogP contribution in [0.2, 0.25) is 0 Å². The predicted molar refractivity (Wildman–Crippen MR) is 145 cm³/mol.